The molecular weight excluding hydrogens is 272 g/mol. The number of quaternary nitrogens is 1. The molecule has 22 heavy (non-hydrogen) atoms. The molecule has 2 heterocycles. The van der Waals surface area contributed by atoms with Crippen LogP contribution in [0.3, 0.4) is 0 Å². The van der Waals surface area contributed by atoms with Crippen molar-refractivity contribution in [3.63, 3.8) is 0 Å². The van der Waals surface area contributed by atoms with Gasteiger partial charge in [0, 0.05) is 22.9 Å². The van der Waals surface area contributed by atoms with Crippen LogP contribution in [0.1, 0.15) is 29.8 Å². The Morgan fingerprint density at radius 3 is 2.77 bits per heavy atom. The number of benzene rings is 2. The maximum absolute atomic E-state index is 5.55. The highest BCUT2D eigenvalue weighted by molar-refractivity contribution is 5.85. The van der Waals surface area contributed by atoms with E-state index in [4.69, 9.17) is 4.74 Å². The molecular formula is C19H21N2O+. The minimum absolute atomic E-state index is 0.354. The highest BCUT2D eigenvalue weighted by Gasteiger charge is 2.28. The number of rotatable bonds is 3. The van der Waals surface area contributed by atoms with Crippen LogP contribution in [0.4, 0.5) is 0 Å². The molecule has 4 rings (SSSR count). The van der Waals surface area contributed by atoms with Gasteiger partial charge >= 0.3 is 0 Å². The van der Waals surface area contributed by atoms with Crippen molar-refractivity contribution in [2.24, 2.45) is 0 Å². The van der Waals surface area contributed by atoms with E-state index in [9.17, 15) is 0 Å². The monoisotopic (exact) mass is 293 g/mol. The van der Waals surface area contributed by atoms with Gasteiger partial charge in [0.1, 0.15) is 5.75 Å². The lowest BCUT2D eigenvalue weighted by Gasteiger charge is -2.21. The van der Waals surface area contributed by atoms with Crippen molar-refractivity contribution in [2.45, 2.75) is 19.4 Å². The van der Waals surface area contributed by atoms with Crippen LogP contribution >= 0.6 is 0 Å². The summed E-state index contributed by atoms with van der Waals surface area (Å²) >= 11 is 0. The predicted octanol–water partition coefficient (Wildman–Crippen LogP) is 2.78. The van der Waals surface area contributed by atoms with Crippen LogP contribution in [0.25, 0.3) is 10.9 Å². The van der Waals surface area contributed by atoms with Gasteiger partial charge in [0.2, 0.25) is 0 Å². The van der Waals surface area contributed by atoms with Gasteiger partial charge in [-0.3, -0.25) is 0 Å². The number of hydrogen-bond acceptors (Lipinski definition) is 1. The summed E-state index contributed by atoms with van der Waals surface area (Å²) < 4.78 is 5.55. The van der Waals surface area contributed by atoms with E-state index in [-0.39, 0.29) is 0 Å². The number of para-hydroxylation sites is 1. The Bertz CT molecular complexity index is 789. The summed E-state index contributed by atoms with van der Waals surface area (Å²) in [6.45, 7) is 3.85. The highest BCUT2D eigenvalue weighted by Crippen LogP contribution is 2.31. The summed E-state index contributed by atoms with van der Waals surface area (Å²) in [6, 6.07) is 17.5. The molecule has 3 N–H and O–H groups in total. The van der Waals surface area contributed by atoms with E-state index in [2.05, 4.69) is 58.8 Å². The first-order valence-corrected chi connectivity index (χ1v) is 8.02. The SMILES string of the molecule is CCOc1ccc([C@@H]2[NH2+]CCc3c2[nH]c2ccccc32)cc1. The Balaban J connectivity index is 1.75. The van der Waals surface area contributed by atoms with Gasteiger partial charge in [-0.1, -0.05) is 18.2 Å². The second kappa shape index (κ2) is 5.50. The smallest absolute Gasteiger partial charge is 0.153 e. The quantitative estimate of drug-likeness (QED) is 0.766. The lowest BCUT2D eigenvalue weighted by Crippen LogP contribution is -2.87. The van der Waals surface area contributed by atoms with Crippen LogP contribution in [-0.2, 0) is 6.42 Å². The maximum atomic E-state index is 5.55. The fourth-order valence-electron chi connectivity index (χ4n) is 3.51. The van der Waals surface area contributed by atoms with Gasteiger partial charge in [0.15, 0.2) is 6.04 Å². The van der Waals surface area contributed by atoms with Crippen LogP contribution in [0, 0.1) is 0 Å². The first-order chi connectivity index (χ1) is 10.9. The second-order valence-corrected chi connectivity index (χ2v) is 5.82. The van der Waals surface area contributed by atoms with E-state index in [1.54, 1.807) is 0 Å². The Labute approximate surface area is 130 Å². The van der Waals surface area contributed by atoms with Crippen molar-refractivity contribution in [3.05, 3.63) is 65.4 Å². The zero-order chi connectivity index (χ0) is 14.9. The van der Waals surface area contributed by atoms with Gasteiger partial charge in [-0.05, 0) is 42.8 Å². The van der Waals surface area contributed by atoms with Crippen LogP contribution in [-0.4, -0.2) is 18.1 Å². The number of ether oxygens (including phenoxy) is 1. The Morgan fingerprint density at radius 2 is 1.95 bits per heavy atom. The minimum Gasteiger partial charge on any atom is -0.494 e. The van der Waals surface area contributed by atoms with E-state index in [0.29, 0.717) is 12.6 Å². The molecule has 0 unspecified atom stereocenters. The summed E-state index contributed by atoms with van der Waals surface area (Å²) in [7, 11) is 0. The standard InChI is InChI=1S/C19H20N2O/c1-2-22-14-9-7-13(8-10-14)18-19-16(11-12-20-18)15-5-3-4-6-17(15)21-19/h3-10,18,20-21H,2,11-12H2,1H3/p+1/t18-/m0/s1. The van der Waals surface area contributed by atoms with Gasteiger partial charge in [0.25, 0.3) is 0 Å². The van der Waals surface area contributed by atoms with E-state index in [1.165, 1.54) is 27.7 Å². The summed E-state index contributed by atoms with van der Waals surface area (Å²) in [5, 5.41) is 3.80. The first kappa shape index (κ1) is 13.4. The van der Waals surface area contributed by atoms with E-state index >= 15 is 0 Å². The Morgan fingerprint density at radius 1 is 1.14 bits per heavy atom. The van der Waals surface area contributed by atoms with Gasteiger partial charge in [-0.15, -0.1) is 0 Å². The fraction of sp³-hybridized carbons (Fsp3) is 0.263. The third-order valence-corrected chi connectivity index (χ3v) is 4.50. The highest BCUT2D eigenvalue weighted by atomic mass is 16.5. The normalized spacial score (nSPS) is 17.4. The number of aromatic amines is 1. The lowest BCUT2D eigenvalue weighted by atomic mass is 9.94. The summed E-state index contributed by atoms with van der Waals surface area (Å²) in [5.41, 5.74) is 5.42. The van der Waals surface area contributed by atoms with Crippen molar-refractivity contribution in [1.29, 1.82) is 0 Å². The second-order valence-electron chi connectivity index (χ2n) is 5.82. The largest absolute Gasteiger partial charge is 0.494 e. The zero-order valence-corrected chi connectivity index (χ0v) is 12.8. The molecule has 3 heteroatoms. The third kappa shape index (κ3) is 2.18. The van der Waals surface area contributed by atoms with Crippen molar-refractivity contribution in [3.8, 4) is 5.75 Å². The summed E-state index contributed by atoms with van der Waals surface area (Å²) in [5.74, 6) is 0.943. The average molecular weight is 293 g/mol. The Kier molecular flexibility index (Phi) is 3.35. The lowest BCUT2D eigenvalue weighted by molar-refractivity contribution is -0.690. The Hall–Kier alpha value is -2.26. The van der Waals surface area contributed by atoms with E-state index in [1.807, 2.05) is 6.92 Å². The maximum Gasteiger partial charge on any atom is 0.153 e. The summed E-state index contributed by atoms with van der Waals surface area (Å²) in [6.07, 6.45) is 1.13. The molecule has 3 aromatic rings. The number of aromatic nitrogens is 1. The molecule has 1 atom stereocenters. The van der Waals surface area contributed by atoms with Gasteiger partial charge < -0.3 is 15.0 Å². The fourth-order valence-corrected chi connectivity index (χ4v) is 3.51. The van der Waals surface area contributed by atoms with Crippen LogP contribution in [0.5, 0.6) is 5.75 Å². The van der Waals surface area contributed by atoms with Crippen LogP contribution < -0.4 is 10.1 Å². The number of fused-ring (bicyclic) bond motifs is 3. The molecule has 1 aromatic heterocycles. The minimum atomic E-state index is 0.354. The molecule has 0 radical (unpaired) electrons. The third-order valence-electron chi connectivity index (χ3n) is 4.50. The number of nitrogens with one attached hydrogen (secondary N) is 1. The first-order valence-electron chi connectivity index (χ1n) is 8.02. The zero-order valence-electron chi connectivity index (χ0n) is 12.8. The molecule has 1 aliphatic heterocycles. The van der Waals surface area contributed by atoms with E-state index in [0.717, 1.165) is 18.7 Å². The van der Waals surface area contributed by atoms with E-state index < -0.39 is 0 Å². The number of H-pyrrole nitrogens is 1. The molecule has 0 saturated heterocycles. The molecule has 0 saturated carbocycles. The molecule has 0 aliphatic carbocycles. The molecule has 0 bridgehead atoms. The van der Waals surface area contributed by atoms with Gasteiger partial charge in [-0.2, -0.15) is 0 Å². The molecule has 2 aromatic carbocycles. The van der Waals surface area contributed by atoms with Crippen LogP contribution in [0.15, 0.2) is 48.5 Å². The van der Waals surface area contributed by atoms with Crippen molar-refractivity contribution in [2.75, 3.05) is 13.2 Å². The molecule has 112 valence electrons. The molecule has 1 aliphatic rings. The summed E-state index contributed by atoms with van der Waals surface area (Å²) in [4.78, 5) is 3.64. The predicted molar refractivity (Wildman–Crippen MR) is 88.2 cm³/mol. The van der Waals surface area contributed by atoms with Crippen molar-refractivity contribution >= 4 is 10.9 Å². The molecule has 0 fully saturated rings. The van der Waals surface area contributed by atoms with Gasteiger partial charge in [0.05, 0.1) is 18.8 Å². The number of hydrogen-bond donors (Lipinski definition) is 2. The number of nitrogens with two attached hydrogens (primary N) is 1. The molecule has 3 nitrogen and oxygen atoms in total. The molecule has 0 amide bonds. The van der Waals surface area contributed by atoms with Crippen LogP contribution in [0.2, 0.25) is 0 Å². The average Bonchev–Trinajstić information content (AvgIpc) is 2.95. The molecule has 0 spiro atoms. The topological polar surface area (TPSA) is 41.6 Å². The van der Waals surface area contributed by atoms with Crippen molar-refractivity contribution in [1.82, 2.24) is 4.98 Å². The van der Waals surface area contributed by atoms with Gasteiger partial charge in [-0.25, -0.2) is 0 Å². The van der Waals surface area contributed by atoms with Crippen molar-refractivity contribution < 1.29 is 10.1 Å².